The maximum Gasteiger partial charge on any atom is 0.0533 e. The molecule has 18 heavy (non-hydrogen) atoms. The number of fused-ring (bicyclic) bond motifs is 1. The molecule has 0 amide bonds. The van der Waals surface area contributed by atoms with E-state index < -0.39 is 0 Å². The third-order valence-electron chi connectivity index (χ3n) is 3.54. The molecule has 2 atom stereocenters. The molecule has 0 saturated carbocycles. The predicted octanol–water partition coefficient (Wildman–Crippen LogP) is 4.18. The maximum absolute atomic E-state index is 4.62. The van der Waals surface area contributed by atoms with E-state index in [1.807, 2.05) is 6.20 Å². The Kier molecular flexibility index (Phi) is 4.72. The maximum atomic E-state index is 4.62. The Morgan fingerprint density at radius 2 is 2.17 bits per heavy atom. The Morgan fingerprint density at radius 3 is 2.89 bits per heavy atom. The SMILES string of the molecule is CCCNC(CC)C(C)c1nccc2sccc12. The summed E-state index contributed by atoms with van der Waals surface area (Å²) in [5.74, 6) is 0.458. The zero-order valence-corrected chi connectivity index (χ0v) is 12.3. The van der Waals surface area contributed by atoms with Crippen molar-refractivity contribution < 1.29 is 0 Å². The minimum Gasteiger partial charge on any atom is -0.313 e. The van der Waals surface area contributed by atoms with Crippen LogP contribution in [0.4, 0.5) is 0 Å². The van der Waals surface area contributed by atoms with Crippen LogP contribution in [0.2, 0.25) is 0 Å². The second-order valence-electron chi connectivity index (χ2n) is 4.79. The van der Waals surface area contributed by atoms with Gasteiger partial charge in [0.2, 0.25) is 0 Å². The molecule has 0 spiro atoms. The molecule has 0 bridgehead atoms. The lowest BCUT2D eigenvalue weighted by molar-refractivity contribution is 0.434. The van der Waals surface area contributed by atoms with Crippen molar-refractivity contribution in [1.29, 1.82) is 0 Å². The Morgan fingerprint density at radius 1 is 1.33 bits per heavy atom. The highest BCUT2D eigenvalue weighted by atomic mass is 32.1. The van der Waals surface area contributed by atoms with E-state index in [1.54, 1.807) is 11.3 Å². The van der Waals surface area contributed by atoms with Crippen molar-refractivity contribution in [3.8, 4) is 0 Å². The normalized spacial score (nSPS) is 14.8. The highest BCUT2D eigenvalue weighted by Crippen LogP contribution is 2.29. The zero-order chi connectivity index (χ0) is 13.0. The first-order valence-corrected chi connectivity index (χ1v) is 7.71. The van der Waals surface area contributed by atoms with E-state index in [-0.39, 0.29) is 0 Å². The molecule has 0 aliphatic carbocycles. The first kappa shape index (κ1) is 13.5. The van der Waals surface area contributed by atoms with Crippen LogP contribution in [0.3, 0.4) is 0 Å². The van der Waals surface area contributed by atoms with Crippen LogP contribution in [0.15, 0.2) is 23.7 Å². The van der Waals surface area contributed by atoms with E-state index in [9.17, 15) is 0 Å². The molecule has 0 aromatic carbocycles. The second kappa shape index (κ2) is 6.30. The molecule has 2 aromatic heterocycles. The predicted molar refractivity (Wildman–Crippen MR) is 80.4 cm³/mol. The molecule has 0 aliphatic rings. The van der Waals surface area contributed by atoms with Gasteiger partial charge >= 0.3 is 0 Å². The average molecular weight is 262 g/mol. The van der Waals surface area contributed by atoms with Gasteiger partial charge in [0.05, 0.1) is 5.69 Å². The van der Waals surface area contributed by atoms with Crippen LogP contribution in [-0.2, 0) is 0 Å². The minimum absolute atomic E-state index is 0.458. The van der Waals surface area contributed by atoms with Crippen molar-refractivity contribution in [3.05, 3.63) is 29.4 Å². The van der Waals surface area contributed by atoms with Crippen LogP contribution in [0.1, 0.15) is 45.2 Å². The molecule has 2 aromatic rings. The van der Waals surface area contributed by atoms with Crippen molar-refractivity contribution >= 4 is 21.4 Å². The number of aromatic nitrogens is 1. The molecule has 0 saturated heterocycles. The number of hydrogen-bond acceptors (Lipinski definition) is 3. The van der Waals surface area contributed by atoms with E-state index in [0.717, 1.165) is 13.0 Å². The van der Waals surface area contributed by atoms with Crippen LogP contribution in [0, 0.1) is 0 Å². The first-order valence-electron chi connectivity index (χ1n) is 6.83. The Balaban J connectivity index is 2.25. The van der Waals surface area contributed by atoms with Gasteiger partial charge in [0.25, 0.3) is 0 Å². The summed E-state index contributed by atoms with van der Waals surface area (Å²) in [7, 11) is 0. The van der Waals surface area contributed by atoms with Crippen molar-refractivity contribution in [2.24, 2.45) is 0 Å². The molecule has 1 N–H and O–H groups in total. The highest BCUT2D eigenvalue weighted by Gasteiger charge is 2.19. The van der Waals surface area contributed by atoms with Crippen LogP contribution in [0.5, 0.6) is 0 Å². The van der Waals surface area contributed by atoms with Gasteiger partial charge in [-0.1, -0.05) is 20.8 Å². The molecule has 2 rings (SSSR count). The first-order chi connectivity index (χ1) is 8.77. The number of hydrogen-bond donors (Lipinski definition) is 1. The summed E-state index contributed by atoms with van der Waals surface area (Å²) in [6.07, 6.45) is 4.26. The summed E-state index contributed by atoms with van der Waals surface area (Å²) in [6.45, 7) is 7.83. The van der Waals surface area contributed by atoms with Gasteiger partial charge in [0.1, 0.15) is 0 Å². The van der Waals surface area contributed by atoms with Gasteiger partial charge in [0, 0.05) is 28.2 Å². The van der Waals surface area contributed by atoms with Gasteiger partial charge in [-0.15, -0.1) is 11.3 Å². The lowest BCUT2D eigenvalue weighted by Crippen LogP contribution is -2.34. The van der Waals surface area contributed by atoms with Gasteiger partial charge in [-0.25, -0.2) is 0 Å². The van der Waals surface area contributed by atoms with Crippen molar-refractivity contribution in [1.82, 2.24) is 10.3 Å². The molecule has 2 heterocycles. The van der Waals surface area contributed by atoms with E-state index in [0.29, 0.717) is 12.0 Å². The highest BCUT2D eigenvalue weighted by molar-refractivity contribution is 7.17. The van der Waals surface area contributed by atoms with Crippen molar-refractivity contribution in [3.63, 3.8) is 0 Å². The summed E-state index contributed by atoms with van der Waals surface area (Å²) in [5, 5.41) is 7.12. The standard InChI is InChI=1S/C15H22N2S/c1-4-8-16-13(5-2)11(3)15-12-7-10-18-14(12)6-9-17-15/h6-7,9-11,13,16H,4-5,8H2,1-3H3. The van der Waals surface area contributed by atoms with Crippen LogP contribution in [0.25, 0.3) is 10.1 Å². The monoisotopic (exact) mass is 262 g/mol. The molecule has 0 fully saturated rings. The smallest absolute Gasteiger partial charge is 0.0533 e. The fourth-order valence-corrected chi connectivity index (χ4v) is 3.26. The quantitative estimate of drug-likeness (QED) is 0.845. The van der Waals surface area contributed by atoms with E-state index in [1.165, 1.54) is 22.2 Å². The van der Waals surface area contributed by atoms with Crippen molar-refractivity contribution in [2.75, 3.05) is 6.54 Å². The Bertz CT molecular complexity index is 492. The number of nitrogens with zero attached hydrogens (tertiary/aromatic N) is 1. The minimum atomic E-state index is 0.458. The molecule has 2 unspecified atom stereocenters. The van der Waals surface area contributed by atoms with Crippen LogP contribution < -0.4 is 5.32 Å². The lowest BCUT2D eigenvalue weighted by Gasteiger charge is -2.24. The molecule has 3 heteroatoms. The molecular weight excluding hydrogens is 240 g/mol. The van der Waals surface area contributed by atoms with E-state index in [4.69, 9.17) is 0 Å². The number of rotatable bonds is 6. The summed E-state index contributed by atoms with van der Waals surface area (Å²) in [4.78, 5) is 4.62. The molecule has 0 aliphatic heterocycles. The van der Waals surface area contributed by atoms with Gasteiger partial charge < -0.3 is 5.32 Å². The Hall–Kier alpha value is -0.930. The van der Waals surface area contributed by atoms with Crippen LogP contribution in [-0.4, -0.2) is 17.6 Å². The average Bonchev–Trinajstić information content (AvgIpc) is 2.87. The van der Waals surface area contributed by atoms with Crippen LogP contribution >= 0.6 is 11.3 Å². The lowest BCUT2D eigenvalue weighted by atomic mass is 9.93. The number of nitrogens with one attached hydrogen (secondary N) is 1. The summed E-state index contributed by atoms with van der Waals surface area (Å²) >= 11 is 1.80. The van der Waals surface area contributed by atoms with E-state index >= 15 is 0 Å². The molecular formula is C15H22N2S. The number of pyridine rings is 1. The summed E-state index contributed by atoms with van der Waals surface area (Å²) < 4.78 is 1.34. The van der Waals surface area contributed by atoms with Crippen molar-refractivity contribution in [2.45, 2.75) is 45.6 Å². The second-order valence-corrected chi connectivity index (χ2v) is 5.73. The van der Waals surface area contributed by atoms with Gasteiger partial charge in [-0.2, -0.15) is 0 Å². The number of thiophene rings is 1. The Labute approximate surface area is 113 Å². The largest absolute Gasteiger partial charge is 0.313 e. The zero-order valence-electron chi connectivity index (χ0n) is 11.4. The van der Waals surface area contributed by atoms with E-state index in [2.05, 4.69) is 48.6 Å². The fraction of sp³-hybridized carbons (Fsp3) is 0.533. The summed E-state index contributed by atoms with van der Waals surface area (Å²) in [5.41, 5.74) is 1.24. The topological polar surface area (TPSA) is 24.9 Å². The molecule has 2 nitrogen and oxygen atoms in total. The third kappa shape index (κ3) is 2.73. The van der Waals surface area contributed by atoms with Gasteiger partial charge in [0.15, 0.2) is 0 Å². The summed E-state index contributed by atoms with van der Waals surface area (Å²) in [6, 6.07) is 4.82. The third-order valence-corrected chi connectivity index (χ3v) is 4.42. The molecule has 0 radical (unpaired) electrons. The fourth-order valence-electron chi connectivity index (χ4n) is 2.47. The molecule has 98 valence electrons. The van der Waals surface area contributed by atoms with Gasteiger partial charge in [-0.3, -0.25) is 4.98 Å². The van der Waals surface area contributed by atoms with Gasteiger partial charge in [-0.05, 0) is 36.9 Å².